The minimum absolute atomic E-state index is 0.154. The summed E-state index contributed by atoms with van der Waals surface area (Å²) < 4.78 is 10.1. The maximum atomic E-state index is 11.5. The molecule has 0 aliphatic rings. The van der Waals surface area contributed by atoms with E-state index in [0.29, 0.717) is 0 Å². The van der Waals surface area contributed by atoms with E-state index >= 15 is 0 Å². The van der Waals surface area contributed by atoms with Crippen LogP contribution in [-0.4, -0.2) is 53.7 Å². The molecule has 8 heteroatoms. The number of hydrogen-bond acceptors (Lipinski definition) is 6. The van der Waals surface area contributed by atoms with Gasteiger partial charge in [0, 0.05) is 6.54 Å². The van der Waals surface area contributed by atoms with E-state index in [1.807, 2.05) is 0 Å². The highest BCUT2D eigenvalue weighted by Gasteiger charge is 2.29. The van der Waals surface area contributed by atoms with E-state index in [2.05, 4.69) is 10.6 Å². The van der Waals surface area contributed by atoms with Crippen LogP contribution in [0.1, 0.15) is 41.5 Å². The number of alkyl carbamates (subject to hydrolysis) is 2. The summed E-state index contributed by atoms with van der Waals surface area (Å²) in [6.45, 7) is 9.90. The average molecular weight is 319 g/mol. The Hall–Kier alpha value is -1.54. The molecule has 8 nitrogen and oxygen atoms in total. The van der Waals surface area contributed by atoms with Crippen LogP contribution in [0.15, 0.2) is 0 Å². The van der Waals surface area contributed by atoms with Crippen molar-refractivity contribution in [2.45, 2.75) is 58.3 Å². The van der Waals surface area contributed by atoms with E-state index in [0.717, 1.165) is 0 Å². The molecular weight excluding hydrogens is 290 g/mol. The van der Waals surface area contributed by atoms with Crippen LogP contribution in [0.2, 0.25) is 0 Å². The van der Waals surface area contributed by atoms with Gasteiger partial charge in [-0.05, 0) is 41.5 Å². The summed E-state index contributed by atoms with van der Waals surface area (Å²) in [5.41, 5.74) is 2.73. The number of carbonyl (C=O) groups is 2. The number of rotatable bonds is 5. The molecule has 0 aromatic carbocycles. The molecule has 0 spiro atoms. The molecule has 0 unspecified atom stereocenters. The van der Waals surface area contributed by atoms with Crippen LogP contribution in [0.3, 0.4) is 0 Å². The van der Waals surface area contributed by atoms with Gasteiger partial charge in [0.25, 0.3) is 0 Å². The lowest BCUT2D eigenvalue weighted by atomic mass is 10.1. The predicted octanol–water partition coefficient (Wildman–Crippen LogP) is 0.726. The molecule has 5 N–H and O–H groups in total. The van der Waals surface area contributed by atoms with Gasteiger partial charge in [0.1, 0.15) is 16.8 Å². The fraction of sp³-hybridized carbons (Fsp3) is 0.857. The molecule has 2 amide bonds. The second-order valence-electron chi connectivity index (χ2n) is 7.14. The van der Waals surface area contributed by atoms with Crippen molar-refractivity contribution < 1.29 is 24.2 Å². The van der Waals surface area contributed by atoms with E-state index < -0.39 is 29.0 Å². The second kappa shape index (κ2) is 7.64. The summed E-state index contributed by atoms with van der Waals surface area (Å²) >= 11 is 0. The van der Waals surface area contributed by atoms with Crippen molar-refractivity contribution >= 4 is 12.2 Å². The van der Waals surface area contributed by atoms with Crippen molar-refractivity contribution in [1.29, 1.82) is 0 Å². The van der Waals surface area contributed by atoms with Gasteiger partial charge in [-0.25, -0.2) is 9.59 Å². The molecule has 0 aliphatic carbocycles. The smallest absolute Gasteiger partial charge is 0.407 e. The standard InChI is InChI=1S/C14H29N3O5/c1-12(2,3)21-10(18)16-8-14(20,7-15)9-17-11(19)22-13(4,5)6/h20H,7-9,15H2,1-6H3,(H,16,18)(H,17,19). The summed E-state index contributed by atoms with van der Waals surface area (Å²) in [6.07, 6.45) is -1.34. The minimum Gasteiger partial charge on any atom is -0.444 e. The van der Waals surface area contributed by atoms with Crippen LogP contribution in [-0.2, 0) is 9.47 Å². The van der Waals surface area contributed by atoms with Crippen molar-refractivity contribution in [2.24, 2.45) is 5.73 Å². The molecule has 0 heterocycles. The van der Waals surface area contributed by atoms with E-state index in [-0.39, 0.29) is 19.6 Å². The number of aliphatic hydroxyl groups is 1. The molecule has 0 fully saturated rings. The average Bonchev–Trinajstić information content (AvgIpc) is 2.30. The third-order valence-corrected chi connectivity index (χ3v) is 2.30. The zero-order valence-electron chi connectivity index (χ0n) is 14.3. The summed E-state index contributed by atoms with van der Waals surface area (Å²) in [5, 5.41) is 15.1. The van der Waals surface area contributed by atoms with Crippen molar-refractivity contribution in [3.63, 3.8) is 0 Å². The van der Waals surface area contributed by atoms with Gasteiger partial charge in [-0.1, -0.05) is 0 Å². The monoisotopic (exact) mass is 319 g/mol. The third-order valence-electron chi connectivity index (χ3n) is 2.30. The topological polar surface area (TPSA) is 123 Å². The first kappa shape index (κ1) is 20.5. The lowest BCUT2D eigenvalue weighted by molar-refractivity contribution is 0.0214. The van der Waals surface area contributed by atoms with E-state index in [9.17, 15) is 14.7 Å². The molecule has 0 bridgehead atoms. The first-order chi connectivity index (χ1) is 9.76. The number of hydrogen-bond donors (Lipinski definition) is 4. The van der Waals surface area contributed by atoms with Gasteiger partial charge in [-0.2, -0.15) is 0 Å². The van der Waals surface area contributed by atoms with Gasteiger partial charge >= 0.3 is 12.2 Å². The van der Waals surface area contributed by atoms with Gasteiger partial charge in [-0.15, -0.1) is 0 Å². The molecule has 0 saturated carbocycles. The van der Waals surface area contributed by atoms with Crippen LogP contribution in [0.4, 0.5) is 9.59 Å². The van der Waals surface area contributed by atoms with Crippen LogP contribution in [0.25, 0.3) is 0 Å². The van der Waals surface area contributed by atoms with Crippen LogP contribution < -0.4 is 16.4 Å². The van der Waals surface area contributed by atoms with Crippen molar-refractivity contribution in [2.75, 3.05) is 19.6 Å². The fourth-order valence-electron chi connectivity index (χ4n) is 1.31. The van der Waals surface area contributed by atoms with Gasteiger partial charge in [0.2, 0.25) is 0 Å². The maximum Gasteiger partial charge on any atom is 0.407 e. The van der Waals surface area contributed by atoms with Crippen LogP contribution in [0, 0.1) is 0 Å². The van der Waals surface area contributed by atoms with E-state index in [1.54, 1.807) is 41.5 Å². The van der Waals surface area contributed by atoms with Gasteiger partial charge in [-0.3, -0.25) is 0 Å². The lowest BCUT2D eigenvalue weighted by Gasteiger charge is -2.28. The molecule has 0 saturated heterocycles. The summed E-state index contributed by atoms with van der Waals surface area (Å²) in [4.78, 5) is 23.1. The zero-order chi connectivity index (χ0) is 17.6. The maximum absolute atomic E-state index is 11.5. The Morgan fingerprint density at radius 3 is 1.45 bits per heavy atom. The Kier molecular flexibility index (Phi) is 7.11. The van der Waals surface area contributed by atoms with Crippen LogP contribution in [0.5, 0.6) is 0 Å². The molecule has 0 radical (unpaired) electrons. The number of ether oxygens (including phenoxy) is 2. The van der Waals surface area contributed by atoms with Gasteiger partial charge in [0.05, 0.1) is 13.1 Å². The molecule has 0 aromatic heterocycles. The summed E-state index contributed by atoms with van der Waals surface area (Å²) in [5.74, 6) is 0. The predicted molar refractivity (Wildman–Crippen MR) is 82.5 cm³/mol. The Bertz CT molecular complexity index is 353. The van der Waals surface area contributed by atoms with E-state index in [1.165, 1.54) is 0 Å². The molecular formula is C14H29N3O5. The number of carbonyl (C=O) groups excluding carboxylic acids is 2. The molecule has 130 valence electrons. The molecule has 22 heavy (non-hydrogen) atoms. The Morgan fingerprint density at radius 2 is 1.23 bits per heavy atom. The Labute approximate surface area is 131 Å². The summed E-state index contributed by atoms with van der Waals surface area (Å²) in [7, 11) is 0. The molecule has 0 aromatic rings. The SMILES string of the molecule is CC(C)(C)OC(=O)NCC(O)(CN)CNC(=O)OC(C)(C)C. The van der Waals surface area contributed by atoms with Crippen molar-refractivity contribution in [3.8, 4) is 0 Å². The van der Waals surface area contributed by atoms with Gasteiger partial charge in [0.15, 0.2) is 0 Å². The normalized spacial score (nSPS) is 12.5. The Balaban J connectivity index is 4.35. The third kappa shape index (κ3) is 10.2. The zero-order valence-corrected chi connectivity index (χ0v) is 14.3. The highest BCUT2D eigenvalue weighted by Crippen LogP contribution is 2.08. The highest BCUT2D eigenvalue weighted by molar-refractivity contribution is 5.68. The lowest BCUT2D eigenvalue weighted by Crippen LogP contribution is -2.56. The first-order valence-corrected chi connectivity index (χ1v) is 7.12. The first-order valence-electron chi connectivity index (χ1n) is 7.12. The van der Waals surface area contributed by atoms with E-state index in [4.69, 9.17) is 15.2 Å². The van der Waals surface area contributed by atoms with Crippen molar-refractivity contribution in [3.05, 3.63) is 0 Å². The quantitative estimate of drug-likeness (QED) is 0.592. The number of nitrogens with two attached hydrogens (primary N) is 1. The highest BCUT2D eigenvalue weighted by atomic mass is 16.6. The second-order valence-corrected chi connectivity index (χ2v) is 7.14. The fourth-order valence-corrected chi connectivity index (χ4v) is 1.31. The minimum atomic E-state index is -1.49. The number of amides is 2. The summed E-state index contributed by atoms with van der Waals surface area (Å²) in [6, 6.07) is 0. The molecule has 0 aliphatic heterocycles. The molecule has 0 atom stereocenters. The van der Waals surface area contributed by atoms with Gasteiger partial charge < -0.3 is 30.9 Å². The largest absolute Gasteiger partial charge is 0.444 e. The Morgan fingerprint density at radius 1 is 0.909 bits per heavy atom. The van der Waals surface area contributed by atoms with Crippen molar-refractivity contribution in [1.82, 2.24) is 10.6 Å². The molecule has 0 rings (SSSR count). The number of nitrogens with one attached hydrogen (secondary N) is 2. The van der Waals surface area contributed by atoms with Crippen LogP contribution >= 0.6 is 0 Å².